The lowest BCUT2D eigenvalue weighted by molar-refractivity contribution is 0.177. The van der Waals surface area contributed by atoms with Crippen LogP contribution in [0.25, 0.3) is 0 Å². The molecule has 0 bridgehead atoms. The normalized spacial score (nSPS) is 15.8. The fourth-order valence-corrected chi connectivity index (χ4v) is 3.29. The molecule has 0 saturated carbocycles. The zero-order valence-corrected chi connectivity index (χ0v) is 20.1. The van der Waals surface area contributed by atoms with Crippen LogP contribution in [-0.4, -0.2) is 58.5 Å². The molecule has 9 nitrogen and oxygen atoms in total. The predicted molar refractivity (Wildman–Crippen MR) is 129 cm³/mol. The predicted octanol–water partition coefficient (Wildman–Crippen LogP) is 2.20. The maximum Gasteiger partial charge on any atom is 0.191 e. The van der Waals surface area contributed by atoms with E-state index in [1.807, 2.05) is 22.9 Å². The monoisotopic (exact) mass is 528 g/mol. The minimum Gasteiger partial charge on any atom is -0.377 e. The lowest BCUT2D eigenvalue weighted by Crippen LogP contribution is -2.47. The van der Waals surface area contributed by atoms with Gasteiger partial charge in [-0.15, -0.1) is 24.0 Å². The number of nitrogens with one attached hydrogen (secondary N) is 3. The van der Waals surface area contributed by atoms with Crippen LogP contribution >= 0.6 is 24.0 Å². The summed E-state index contributed by atoms with van der Waals surface area (Å²) in [5, 5.41) is 14.8. The first-order chi connectivity index (χ1) is 14.3. The number of guanidine groups is 1. The third-order valence-corrected chi connectivity index (χ3v) is 4.69. The number of pyridine rings is 1. The van der Waals surface area contributed by atoms with Gasteiger partial charge in [0.2, 0.25) is 0 Å². The zero-order valence-electron chi connectivity index (χ0n) is 17.8. The van der Waals surface area contributed by atoms with Crippen molar-refractivity contribution >= 4 is 35.8 Å². The molecule has 0 fully saturated rings. The highest BCUT2D eigenvalue weighted by molar-refractivity contribution is 14.0. The Morgan fingerprint density at radius 1 is 1.33 bits per heavy atom. The fraction of sp³-hybridized carbons (Fsp3) is 0.600. The summed E-state index contributed by atoms with van der Waals surface area (Å²) in [4.78, 5) is 13.5. The van der Waals surface area contributed by atoms with E-state index in [2.05, 4.69) is 37.9 Å². The number of rotatable bonds is 10. The van der Waals surface area contributed by atoms with Crippen molar-refractivity contribution in [2.24, 2.45) is 4.99 Å². The number of unbranched alkanes of at least 4 members (excludes halogenated alkanes) is 1. The summed E-state index contributed by atoms with van der Waals surface area (Å²) in [5.41, 5.74) is 0. The third kappa shape index (κ3) is 7.71. The molecule has 166 valence electrons. The van der Waals surface area contributed by atoms with Gasteiger partial charge in [-0.3, -0.25) is 4.99 Å². The first kappa shape index (κ1) is 24.3. The van der Waals surface area contributed by atoms with Crippen LogP contribution in [0.3, 0.4) is 0 Å². The van der Waals surface area contributed by atoms with Crippen molar-refractivity contribution < 1.29 is 4.74 Å². The second kappa shape index (κ2) is 13.4. The second-order valence-corrected chi connectivity index (χ2v) is 7.05. The SMILES string of the molecule is CCNC(=NCCCCNc1ccccn1)NC1CCc2nc(COC)nn2C1.I. The number of hydrogen-bond acceptors (Lipinski definition) is 6. The second-order valence-electron chi connectivity index (χ2n) is 7.05. The molecule has 0 spiro atoms. The van der Waals surface area contributed by atoms with Crippen LogP contribution in [0.1, 0.15) is 37.8 Å². The minimum absolute atomic E-state index is 0. The lowest BCUT2D eigenvalue weighted by Gasteiger charge is -2.25. The van der Waals surface area contributed by atoms with Crippen LogP contribution in [0.4, 0.5) is 5.82 Å². The minimum atomic E-state index is 0. The largest absolute Gasteiger partial charge is 0.377 e. The number of hydrogen-bond donors (Lipinski definition) is 3. The number of aryl methyl sites for hydroxylation is 1. The van der Waals surface area contributed by atoms with Gasteiger partial charge in [-0.05, 0) is 38.3 Å². The molecule has 0 radical (unpaired) electrons. The van der Waals surface area contributed by atoms with Crippen LogP contribution in [0, 0.1) is 0 Å². The highest BCUT2D eigenvalue weighted by Crippen LogP contribution is 2.13. The van der Waals surface area contributed by atoms with Crippen molar-refractivity contribution in [1.82, 2.24) is 30.4 Å². The average Bonchev–Trinajstić information content (AvgIpc) is 3.13. The molecule has 10 heteroatoms. The van der Waals surface area contributed by atoms with Crippen LogP contribution in [0.2, 0.25) is 0 Å². The number of aliphatic imine (C=N–C) groups is 1. The maximum atomic E-state index is 5.14. The van der Waals surface area contributed by atoms with Crippen molar-refractivity contribution in [3.05, 3.63) is 36.0 Å². The Morgan fingerprint density at radius 3 is 3.00 bits per heavy atom. The molecule has 1 aliphatic heterocycles. The zero-order chi connectivity index (χ0) is 20.3. The van der Waals surface area contributed by atoms with Crippen molar-refractivity contribution in [2.45, 2.75) is 51.8 Å². The van der Waals surface area contributed by atoms with Crippen LogP contribution in [0.15, 0.2) is 29.4 Å². The van der Waals surface area contributed by atoms with E-state index in [0.29, 0.717) is 12.6 Å². The van der Waals surface area contributed by atoms with Gasteiger partial charge in [-0.1, -0.05) is 6.07 Å². The molecule has 1 atom stereocenters. The molecule has 3 heterocycles. The first-order valence-electron chi connectivity index (χ1n) is 10.4. The van der Waals surface area contributed by atoms with Gasteiger partial charge in [0.15, 0.2) is 11.8 Å². The fourth-order valence-electron chi connectivity index (χ4n) is 3.29. The van der Waals surface area contributed by atoms with Crippen LogP contribution in [-0.2, 0) is 24.3 Å². The van der Waals surface area contributed by atoms with Gasteiger partial charge in [0.1, 0.15) is 18.2 Å². The summed E-state index contributed by atoms with van der Waals surface area (Å²) >= 11 is 0. The van der Waals surface area contributed by atoms with Gasteiger partial charge in [0.25, 0.3) is 0 Å². The maximum absolute atomic E-state index is 5.14. The molecular weight excluding hydrogens is 495 g/mol. The molecule has 3 rings (SSSR count). The number of ether oxygens (including phenoxy) is 1. The number of nitrogens with zero attached hydrogens (tertiary/aromatic N) is 5. The summed E-state index contributed by atoms with van der Waals surface area (Å²) in [6.07, 6.45) is 5.80. The summed E-state index contributed by atoms with van der Waals surface area (Å²) in [5.74, 6) is 3.58. The Labute approximate surface area is 195 Å². The molecule has 0 aliphatic carbocycles. The smallest absolute Gasteiger partial charge is 0.191 e. The highest BCUT2D eigenvalue weighted by atomic mass is 127. The Morgan fingerprint density at radius 2 is 2.23 bits per heavy atom. The van der Waals surface area contributed by atoms with Gasteiger partial charge in [-0.25, -0.2) is 14.6 Å². The van der Waals surface area contributed by atoms with Gasteiger partial charge < -0.3 is 20.7 Å². The molecule has 2 aromatic rings. The van der Waals surface area contributed by atoms with Gasteiger partial charge >= 0.3 is 0 Å². The number of methoxy groups -OCH3 is 1. The van der Waals surface area contributed by atoms with Crippen LogP contribution < -0.4 is 16.0 Å². The molecule has 1 aliphatic rings. The summed E-state index contributed by atoms with van der Waals surface area (Å²) in [6, 6.07) is 6.18. The van der Waals surface area contributed by atoms with Gasteiger partial charge in [0.05, 0.1) is 6.54 Å². The standard InChI is InChI=1S/C20H32N8O.HI/c1-3-21-20(24-13-7-6-12-23-17-8-4-5-11-22-17)25-16-9-10-19-26-18(15-29-2)27-28(19)14-16;/h4-5,8,11,16H,3,6-7,9-10,12-15H2,1-2H3,(H,22,23)(H2,21,24,25);1H. The van der Waals surface area contributed by atoms with E-state index in [1.165, 1.54) is 0 Å². The van der Waals surface area contributed by atoms with E-state index in [-0.39, 0.29) is 24.0 Å². The average molecular weight is 528 g/mol. The Hall–Kier alpha value is -1.95. The molecule has 3 N–H and O–H groups in total. The quantitative estimate of drug-likeness (QED) is 0.188. The number of halogens is 1. The van der Waals surface area contributed by atoms with E-state index in [0.717, 1.165) is 75.3 Å². The molecule has 0 amide bonds. The van der Waals surface area contributed by atoms with E-state index < -0.39 is 0 Å². The van der Waals surface area contributed by atoms with Crippen molar-refractivity contribution in [3.63, 3.8) is 0 Å². The van der Waals surface area contributed by atoms with Gasteiger partial charge in [-0.2, -0.15) is 5.10 Å². The number of anilines is 1. The summed E-state index contributed by atoms with van der Waals surface area (Å²) < 4.78 is 7.12. The van der Waals surface area contributed by atoms with Crippen molar-refractivity contribution in [2.75, 3.05) is 32.1 Å². The molecule has 0 saturated heterocycles. The molecule has 30 heavy (non-hydrogen) atoms. The van der Waals surface area contributed by atoms with E-state index in [1.54, 1.807) is 13.3 Å². The van der Waals surface area contributed by atoms with Crippen LogP contribution in [0.5, 0.6) is 0 Å². The lowest BCUT2D eigenvalue weighted by atomic mass is 10.1. The van der Waals surface area contributed by atoms with E-state index in [4.69, 9.17) is 9.73 Å². The van der Waals surface area contributed by atoms with E-state index in [9.17, 15) is 0 Å². The molecule has 2 aromatic heterocycles. The third-order valence-electron chi connectivity index (χ3n) is 4.69. The van der Waals surface area contributed by atoms with Gasteiger partial charge in [0, 0.05) is 45.4 Å². The first-order valence-corrected chi connectivity index (χ1v) is 10.4. The Bertz CT molecular complexity index is 767. The number of aromatic nitrogens is 4. The Balaban J connectivity index is 0.00000320. The molecule has 1 unspecified atom stereocenters. The number of fused-ring (bicyclic) bond motifs is 1. The van der Waals surface area contributed by atoms with Crippen molar-refractivity contribution in [1.29, 1.82) is 0 Å². The Kier molecular flexibility index (Phi) is 10.8. The van der Waals surface area contributed by atoms with Crippen molar-refractivity contribution in [3.8, 4) is 0 Å². The molecule has 0 aromatic carbocycles. The summed E-state index contributed by atoms with van der Waals surface area (Å²) in [6.45, 7) is 5.87. The topological polar surface area (TPSA) is 101 Å². The molecular formula is C20H33IN8O. The van der Waals surface area contributed by atoms with E-state index >= 15 is 0 Å². The summed E-state index contributed by atoms with van der Waals surface area (Å²) in [7, 11) is 1.66. The highest BCUT2D eigenvalue weighted by Gasteiger charge is 2.22.